The van der Waals surface area contributed by atoms with Gasteiger partial charge >= 0.3 is 0 Å². The van der Waals surface area contributed by atoms with E-state index in [1.54, 1.807) is 38.1 Å². The first-order valence-electron chi connectivity index (χ1n) is 9.83. The third kappa shape index (κ3) is 5.21. The number of hydrazine groups is 1. The second-order valence-corrected chi connectivity index (χ2v) is 9.71. The van der Waals surface area contributed by atoms with E-state index in [0.29, 0.717) is 18.0 Å². The first kappa shape index (κ1) is 23.6. The molecule has 10 heteroatoms. The van der Waals surface area contributed by atoms with Crippen LogP contribution in [0.2, 0.25) is 0 Å². The fourth-order valence-electron chi connectivity index (χ4n) is 2.97. The van der Waals surface area contributed by atoms with Crippen LogP contribution in [0.15, 0.2) is 65.6 Å². The number of carbonyl (C=O) groups is 2. The molecule has 0 saturated heterocycles. The average Bonchev–Trinajstić information content (AvgIpc) is 3.29. The van der Waals surface area contributed by atoms with E-state index in [2.05, 4.69) is 10.9 Å². The second-order valence-electron chi connectivity index (χ2n) is 6.69. The fourth-order valence-corrected chi connectivity index (χ4v) is 5.33. The van der Waals surface area contributed by atoms with Gasteiger partial charge in [-0.2, -0.15) is 4.31 Å². The minimum absolute atomic E-state index is 0.0914. The van der Waals surface area contributed by atoms with Crippen molar-refractivity contribution in [3.05, 3.63) is 76.9 Å². The van der Waals surface area contributed by atoms with E-state index in [-0.39, 0.29) is 16.3 Å². The highest BCUT2D eigenvalue weighted by atomic mass is 32.2. The molecule has 2 N–H and O–H groups in total. The van der Waals surface area contributed by atoms with Gasteiger partial charge < -0.3 is 0 Å². The number of thiophene rings is 1. The van der Waals surface area contributed by atoms with Crippen molar-refractivity contribution >= 4 is 33.2 Å². The molecule has 1 heterocycles. The van der Waals surface area contributed by atoms with Crippen LogP contribution in [0.4, 0.5) is 4.39 Å². The Bertz CT molecular complexity index is 1200. The number of sulfonamides is 1. The van der Waals surface area contributed by atoms with E-state index < -0.39 is 21.8 Å². The van der Waals surface area contributed by atoms with Gasteiger partial charge in [-0.05, 0) is 54.1 Å². The maximum Gasteiger partial charge on any atom is 0.279 e. The van der Waals surface area contributed by atoms with Crippen LogP contribution in [-0.4, -0.2) is 37.6 Å². The Hall–Kier alpha value is -3.08. The van der Waals surface area contributed by atoms with Gasteiger partial charge in [-0.3, -0.25) is 20.4 Å². The first-order chi connectivity index (χ1) is 15.3. The van der Waals surface area contributed by atoms with Gasteiger partial charge in [0.1, 0.15) is 5.82 Å². The van der Waals surface area contributed by atoms with Crippen molar-refractivity contribution in [1.82, 2.24) is 15.2 Å². The molecule has 2 aromatic carbocycles. The number of hydrogen-bond acceptors (Lipinski definition) is 5. The number of carbonyl (C=O) groups excluding carboxylic acids is 2. The van der Waals surface area contributed by atoms with Crippen molar-refractivity contribution in [3.63, 3.8) is 0 Å². The molecule has 0 aliphatic carbocycles. The molecule has 0 spiro atoms. The zero-order valence-electron chi connectivity index (χ0n) is 17.5. The predicted molar refractivity (Wildman–Crippen MR) is 121 cm³/mol. The smallest absolute Gasteiger partial charge is 0.267 e. The topological polar surface area (TPSA) is 95.6 Å². The lowest BCUT2D eigenvalue weighted by molar-refractivity contribution is 0.0849. The van der Waals surface area contributed by atoms with Crippen LogP contribution >= 0.6 is 11.3 Å². The molecule has 3 rings (SSSR count). The Morgan fingerprint density at radius 3 is 2.06 bits per heavy atom. The lowest BCUT2D eigenvalue weighted by Crippen LogP contribution is -2.41. The number of hydrogen-bond donors (Lipinski definition) is 2. The molecule has 168 valence electrons. The van der Waals surface area contributed by atoms with E-state index in [1.165, 1.54) is 52.0 Å². The molecule has 0 radical (unpaired) electrons. The molecular formula is C22H22FN3O4S2. The molecule has 0 saturated carbocycles. The van der Waals surface area contributed by atoms with Crippen LogP contribution in [0.3, 0.4) is 0 Å². The van der Waals surface area contributed by atoms with Crippen molar-refractivity contribution in [2.24, 2.45) is 0 Å². The van der Waals surface area contributed by atoms with Gasteiger partial charge in [-0.25, -0.2) is 12.8 Å². The van der Waals surface area contributed by atoms with Gasteiger partial charge in [0.25, 0.3) is 11.8 Å². The van der Waals surface area contributed by atoms with Crippen molar-refractivity contribution in [2.45, 2.75) is 18.7 Å². The van der Waals surface area contributed by atoms with E-state index in [0.717, 1.165) is 10.4 Å². The first-order valence-corrected chi connectivity index (χ1v) is 12.1. The van der Waals surface area contributed by atoms with E-state index >= 15 is 0 Å². The quantitative estimate of drug-likeness (QED) is 0.510. The van der Waals surface area contributed by atoms with Gasteiger partial charge in [0.2, 0.25) is 10.0 Å². The molecule has 7 nitrogen and oxygen atoms in total. The normalized spacial score (nSPS) is 11.4. The molecule has 0 bridgehead atoms. The highest BCUT2D eigenvalue weighted by Crippen LogP contribution is 2.28. The van der Waals surface area contributed by atoms with Gasteiger partial charge in [0.15, 0.2) is 0 Å². The summed E-state index contributed by atoms with van der Waals surface area (Å²) in [4.78, 5) is 25.9. The maximum atomic E-state index is 13.1. The Kier molecular flexibility index (Phi) is 7.39. The summed E-state index contributed by atoms with van der Waals surface area (Å²) in [6.07, 6.45) is 0. The number of halogens is 1. The van der Waals surface area contributed by atoms with Crippen LogP contribution in [0.25, 0.3) is 10.4 Å². The number of nitrogens with zero attached hydrogens (tertiary/aromatic N) is 1. The Morgan fingerprint density at radius 2 is 1.47 bits per heavy atom. The summed E-state index contributed by atoms with van der Waals surface area (Å²) in [7, 11) is -3.62. The molecule has 32 heavy (non-hydrogen) atoms. The SMILES string of the molecule is CCN(CC)S(=O)(=O)c1ccc(C(=O)NNC(=O)c2ccc(-c3ccc(F)cc3)s2)cc1. The second kappa shape index (κ2) is 10.0. The Labute approximate surface area is 189 Å². The number of rotatable bonds is 7. The summed E-state index contributed by atoms with van der Waals surface area (Å²) in [5, 5.41) is 0. The molecule has 0 aliphatic heterocycles. The van der Waals surface area contributed by atoms with Crippen molar-refractivity contribution in [2.75, 3.05) is 13.1 Å². The fraction of sp³-hybridized carbons (Fsp3) is 0.182. The Balaban J connectivity index is 1.62. The van der Waals surface area contributed by atoms with Gasteiger partial charge in [0, 0.05) is 23.5 Å². The van der Waals surface area contributed by atoms with Gasteiger partial charge in [0.05, 0.1) is 9.77 Å². The molecule has 0 aliphatic rings. The summed E-state index contributed by atoms with van der Waals surface area (Å²) in [5.74, 6) is -1.43. The zero-order chi connectivity index (χ0) is 23.3. The van der Waals surface area contributed by atoms with E-state index in [1.807, 2.05) is 0 Å². The zero-order valence-corrected chi connectivity index (χ0v) is 19.1. The predicted octanol–water partition coefficient (Wildman–Crippen LogP) is 3.66. The highest BCUT2D eigenvalue weighted by Gasteiger charge is 2.21. The van der Waals surface area contributed by atoms with Crippen LogP contribution in [0, 0.1) is 5.82 Å². The lowest BCUT2D eigenvalue weighted by atomic mass is 10.2. The van der Waals surface area contributed by atoms with Crippen LogP contribution in [0.5, 0.6) is 0 Å². The summed E-state index contributed by atoms with van der Waals surface area (Å²) in [5.41, 5.74) is 5.63. The van der Waals surface area contributed by atoms with Crippen LogP contribution < -0.4 is 10.9 Å². The lowest BCUT2D eigenvalue weighted by Gasteiger charge is -2.18. The summed E-state index contributed by atoms with van der Waals surface area (Å²) < 4.78 is 39.4. The minimum atomic E-state index is -3.62. The summed E-state index contributed by atoms with van der Waals surface area (Å²) in [6.45, 7) is 4.20. The standard InChI is InChI=1S/C22H22FN3O4S2/c1-3-26(4-2)32(29,30)18-11-7-16(8-12-18)21(27)24-25-22(28)20-14-13-19(31-20)15-5-9-17(23)10-6-15/h5-14H,3-4H2,1-2H3,(H,24,27)(H,25,28). The van der Waals surface area contributed by atoms with Gasteiger partial charge in [-0.1, -0.05) is 26.0 Å². The summed E-state index contributed by atoms with van der Waals surface area (Å²) in [6, 6.07) is 14.8. The molecule has 2 amide bonds. The monoisotopic (exact) mass is 475 g/mol. The van der Waals surface area contributed by atoms with Crippen LogP contribution in [0.1, 0.15) is 33.9 Å². The third-order valence-electron chi connectivity index (χ3n) is 4.71. The maximum absolute atomic E-state index is 13.1. The number of nitrogens with one attached hydrogen (secondary N) is 2. The largest absolute Gasteiger partial charge is 0.279 e. The third-order valence-corrected chi connectivity index (χ3v) is 7.90. The van der Waals surface area contributed by atoms with Crippen molar-refractivity contribution in [3.8, 4) is 10.4 Å². The minimum Gasteiger partial charge on any atom is -0.267 e. The molecule has 3 aromatic rings. The highest BCUT2D eigenvalue weighted by molar-refractivity contribution is 7.89. The van der Waals surface area contributed by atoms with E-state index in [4.69, 9.17) is 0 Å². The number of amides is 2. The molecule has 0 fully saturated rings. The van der Waals surface area contributed by atoms with E-state index in [9.17, 15) is 22.4 Å². The molecule has 0 unspecified atom stereocenters. The molecular weight excluding hydrogens is 453 g/mol. The van der Waals surface area contributed by atoms with Crippen molar-refractivity contribution < 1.29 is 22.4 Å². The Morgan fingerprint density at radius 1 is 0.875 bits per heavy atom. The molecule has 1 aromatic heterocycles. The number of benzene rings is 2. The average molecular weight is 476 g/mol. The van der Waals surface area contributed by atoms with Crippen molar-refractivity contribution in [1.29, 1.82) is 0 Å². The summed E-state index contributed by atoms with van der Waals surface area (Å²) >= 11 is 1.20. The van der Waals surface area contributed by atoms with Gasteiger partial charge in [-0.15, -0.1) is 11.3 Å². The molecule has 0 atom stereocenters. The van der Waals surface area contributed by atoms with Crippen LogP contribution in [-0.2, 0) is 10.0 Å².